The summed E-state index contributed by atoms with van der Waals surface area (Å²) in [5.74, 6) is -1.66. The van der Waals surface area contributed by atoms with Gasteiger partial charge in [0.1, 0.15) is 6.04 Å². The molecule has 0 heterocycles. The molecule has 1 aromatic rings. The highest BCUT2D eigenvalue weighted by Gasteiger charge is 2.20. The Morgan fingerprint density at radius 1 is 1.20 bits per heavy atom. The monoisotopic (exact) mass is 294 g/mol. The minimum atomic E-state index is -0.884. The van der Waals surface area contributed by atoms with Crippen molar-refractivity contribution >= 4 is 36.5 Å². The van der Waals surface area contributed by atoms with Gasteiger partial charge in [0.05, 0.1) is 6.54 Å². The molecule has 0 unspecified atom stereocenters. The highest BCUT2D eigenvalue weighted by atomic mass is 32.1. The third kappa shape index (κ3) is 4.85. The lowest BCUT2D eigenvalue weighted by molar-refractivity contribution is -0.131. The summed E-state index contributed by atoms with van der Waals surface area (Å²) >= 11 is 3.98. The molecule has 0 saturated heterocycles. The van der Waals surface area contributed by atoms with Gasteiger partial charge in [-0.1, -0.05) is 18.2 Å². The first-order chi connectivity index (χ1) is 9.58. The number of carbonyl (C=O) groups excluding carboxylic acids is 4. The number of thiol groups is 1. The fourth-order valence-electron chi connectivity index (χ4n) is 1.36. The summed E-state index contributed by atoms with van der Waals surface area (Å²) in [6, 6.07) is 7.51. The van der Waals surface area contributed by atoms with E-state index in [0.29, 0.717) is 5.56 Å². The van der Waals surface area contributed by atoms with Gasteiger partial charge in [0, 0.05) is 11.3 Å². The summed E-state index contributed by atoms with van der Waals surface area (Å²) in [5.41, 5.74) is 0.413. The second kappa shape index (κ2) is 8.11. The number of amides is 2. The van der Waals surface area contributed by atoms with E-state index in [4.69, 9.17) is 0 Å². The van der Waals surface area contributed by atoms with Gasteiger partial charge in [-0.05, 0) is 12.1 Å². The zero-order valence-corrected chi connectivity index (χ0v) is 11.4. The van der Waals surface area contributed by atoms with Crippen LogP contribution in [-0.4, -0.2) is 42.2 Å². The fourth-order valence-corrected chi connectivity index (χ4v) is 1.62. The SMILES string of the molecule is O=CC(=O)CNC(=O)[C@H](CS)NC(=O)c1ccccc1. The Kier molecular flexibility index (Phi) is 6.45. The van der Waals surface area contributed by atoms with Crippen LogP contribution in [0, 0.1) is 0 Å². The molecule has 0 spiro atoms. The molecule has 0 aliphatic carbocycles. The summed E-state index contributed by atoms with van der Waals surface area (Å²) in [6.07, 6.45) is 0.124. The van der Waals surface area contributed by atoms with Crippen LogP contribution in [0.15, 0.2) is 30.3 Å². The van der Waals surface area contributed by atoms with Gasteiger partial charge in [-0.3, -0.25) is 19.2 Å². The normalized spacial score (nSPS) is 11.2. The largest absolute Gasteiger partial charge is 0.347 e. The maximum absolute atomic E-state index is 11.9. The van der Waals surface area contributed by atoms with Crippen LogP contribution in [-0.2, 0) is 14.4 Å². The molecule has 0 aliphatic heterocycles. The first-order valence-corrected chi connectivity index (χ1v) is 6.44. The average Bonchev–Trinajstić information content (AvgIpc) is 2.50. The third-order valence-corrected chi connectivity index (χ3v) is 2.77. The van der Waals surface area contributed by atoms with Crippen LogP contribution >= 0.6 is 12.6 Å². The smallest absolute Gasteiger partial charge is 0.251 e. The summed E-state index contributed by atoms with van der Waals surface area (Å²) in [4.78, 5) is 44.5. The number of nitrogens with one attached hydrogen (secondary N) is 2. The molecule has 0 fully saturated rings. The average molecular weight is 294 g/mol. The molecule has 7 heteroatoms. The second-order valence-electron chi connectivity index (χ2n) is 3.88. The van der Waals surface area contributed by atoms with Crippen molar-refractivity contribution in [1.29, 1.82) is 0 Å². The first kappa shape index (κ1) is 15.9. The number of ketones is 1. The summed E-state index contributed by atoms with van der Waals surface area (Å²) in [6.45, 7) is -0.395. The number of hydrogen-bond acceptors (Lipinski definition) is 5. The molecule has 0 aromatic heterocycles. The first-order valence-electron chi connectivity index (χ1n) is 5.81. The van der Waals surface area contributed by atoms with E-state index >= 15 is 0 Å². The second-order valence-corrected chi connectivity index (χ2v) is 4.24. The third-order valence-electron chi connectivity index (χ3n) is 2.41. The van der Waals surface area contributed by atoms with Gasteiger partial charge in [0.2, 0.25) is 11.7 Å². The Hall–Kier alpha value is -2.15. The van der Waals surface area contributed by atoms with Crippen molar-refractivity contribution in [2.24, 2.45) is 0 Å². The van der Waals surface area contributed by atoms with Gasteiger partial charge < -0.3 is 10.6 Å². The van der Waals surface area contributed by atoms with Crippen molar-refractivity contribution in [2.75, 3.05) is 12.3 Å². The standard InChI is InChI=1S/C13H14N2O4S/c16-7-10(17)6-14-13(19)11(8-20)15-12(18)9-4-2-1-3-5-9/h1-5,7,11,20H,6,8H2,(H,14,19)(H,15,18)/t11-/m0/s1. The van der Waals surface area contributed by atoms with E-state index in [-0.39, 0.29) is 12.0 Å². The Morgan fingerprint density at radius 2 is 1.85 bits per heavy atom. The van der Waals surface area contributed by atoms with Gasteiger partial charge in [-0.15, -0.1) is 0 Å². The lowest BCUT2D eigenvalue weighted by Gasteiger charge is -2.15. The number of benzene rings is 1. The number of hydrogen-bond donors (Lipinski definition) is 3. The molecule has 1 rings (SSSR count). The molecule has 106 valence electrons. The van der Waals surface area contributed by atoms with Crippen LogP contribution in [0.2, 0.25) is 0 Å². The number of rotatable bonds is 7. The molecule has 20 heavy (non-hydrogen) atoms. The predicted molar refractivity (Wildman–Crippen MR) is 75.6 cm³/mol. The highest BCUT2D eigenvalue weighted by molar-refractivity contribution is 7.80. The summed E-state index contributed by atoms with van der Waals surface area (Å²) < 4.78 is 0. The van der Waals surface area contributed by atoms with Crippen molar-refractivity contribution in [3.05, 3.63) is 35.9 Å². The Labute approximate surface area is 121 Å². The number of carbonyl (C=O) groups is 4. The molecular formula is C13H14N2O4S. The molecule has 2 N–H and O–H groups in total. The van der Waals surface area contributed by atoms with Crippen LogP contribution in [0.1, 0.15) is 10.4 Å². The minimum absolute atomic E-state index is 0.0691. The predicted octanol–water partition coefficient (Wildman–Crippen LogP) is -0.401. The Bertz CT molecular complexity index is 504. The van der Waals surface area contributed by atoms with Crippen molar-refractivity contribution < 1.29 is 19.2 Å². The van der Waals surface area contributed by atoms with Gasteiger partial charge in [0.25, 0.3) is 5.91 Å². The van der Waals surface area contributed by atoms with E-state index in [9.17, 15) is 19.2 Å². The zero-order valence-electron chi connectivity index (χ0n) is 10.5. The minimum Gasteiger partial charge on any atom is -0.347 e. The van der Waals surface area contributed by atoms with Gasteiger partial charge in [-0.2, -0.15) is 12.6 Å². The van der Waals surface area contributed by atoms with E-state index < -0.39 is 30.2 Å². The molecule has 0 bridgehead atoms. The highest BCUT2D eigenvalue weighted by Crippen LogP contribution is 1.99. The lowest BCUT2D eigenvalue weighted by Crippen LogP contribution is -2.49. The van der Waals surface area contributed by atoms with E-state index in [1.165, 1.54) is 0 Å². The summed E-state index contributed by atoms with van der Waals surface area (Å²) in [7, 11) is 0. The molecule has 1 atom stereocenters. The van der Waals surface area contributed by atoms with E-state index in [1.54, 1.807) is 30.3 Å². The van der Waals surface area contributed by atoms with Crippen LogP contribution < -0.4 is 10.6 Å². The van der Waals surface area contributed by atoms with Crippen molar-refractivity contribution in [2.45, 2.75) is 6.04 Å². The van der Waals surface area contributed by atoms with E-state index in [0.717, 1.165) is 0 Å². The molecule has 0 saturated carbocycles. The van der Waals surface area contributed by atoms with E-state index in [2.05, 4.69) is 23.3 Å². The molecule has 6 nitrogen and oxygen atoms in total. The van der Waals surface area contributed by atoms with Crippen LogP contribution in [0.5, 0.6) is 0 Å². The van der Waals surface area contributed by atoms with Crippen molar-refractivity contribution in [1.82, 2.24) is 10.6 Å². The topological polar surface area (TPSA) is 92.3 Å². The summed E-state index contributed by atoms with van der Waals surface area (Å²) in [5, 5.41) is 4.76. The van der Waals surface area contributed by atoms with Gasteiger partial charge in [-0.25, -0.2) is 0 Å². The molecule has 1 aromatic carbocycles. The maximum Gasteiger partial charge on any atom is 0.251 e. The van der Waals surface area contributed by atoms with E-state index in [1.807, 2.05) is 0 Å². The zero-order chi connectivity index (χ0) is 15.0. The van der Waals surface area contributed by atoms with Crippen molar-refractivity contribution in [3.63, 3.8) is 0 Å². The Balaban J connectivity index is 2.58. The van der Waals surface area contributed by atoms with Gasteiger partial charge >= 0.3 is 0 Å². The maximum atomic E-state index is 11.9. The fraction of sp³-hybridized carbons (Fsp3) is 0.231. The molecule has 0 radical (unpaired) electrons. The lowest BCUT2D eigenvalue weighted by atomic mass is 10.2. The van der Waals surface area contributed by atoms with Gasteiger partial charge in [0.15, 0.2) is 6.29 Å². The quantitative estimate of drug-likeness (QED) is 0.362. The van der Waals surface area contributed by atoms with Crippen LogP contribution in [0.3, 0.4) is 0 Å². The molecular weight excluding hydrogens is 280 g/mol. The van der Waals surface area contributed by atoms with Crippen LogP contribution in [0.25, 0.3) is 0 Å². The Morgan fingerprint density at radius 3 is 2.40 bits per heavy atom. The number of aldehydes is 1. The number of Topliss-reactive ketones (excluding diaryl/α,β-unsaturated/α-hetero) is 1. The van der Waals surface area contributed by atoms with Crippen molar-refractivity contribution in [3.8, 4) is 0 Å². The van der Waals surface area contributed by atoms with Crippen LogP contribution in [0.4, 0.5) is 0 Å². The molecule has 0 aliphatic rings. The molecule has 2 amide bonds.